The van der Waals surface area contributed by atoms with Gasteiger partial charge in [-0.1, -0.05) is 27.2 Å². The Morgan fingerprint density at radius 2 is 2.00 bits per heavy atom. The molecule has 0 saturated carbocycles. The summed E-state index contributed by atoms with van der Waals surface area (Å²) in [5.74, 6) is -0.313. The summed E-state index contributed by atoms with van der Waals surface area (Å²) >= 11 is 0. The summed E-state index contributed by atoms with van der Waals surface area (Å²) in [5, 5.41) is 9.19. The average molecular weight is 255 g/mol. The molecule has 1 saturated heterocycles. The molecule has 1 aliphatic rings. The fourth-order valence-corrected chi connectivity index (χ4v) is 2.61. The lowest BCUT2D eigenvalue weighted by molar-refractivity contribution is -0.147. The van der Waals surface area contributed by atoms with Gasteiger partial charge in [0.15, 0.2) is 0 Å². The molecule has 18 heavy (non-hydrogen) atoms. The Balaban J connectivity index is 2.71. The maximum atomic E-state index is 12.4. The lowest BCUT2D eigenvalue weighted by Crippen LogP contribution is -2.39. The van der Waals surface area contributed by atoms with Crippen molar-refractivity contribution in [2.24, 2.45) is 17.3 Å². The Morgan fingerprint density at radius 3 is 2.39 bits per heavy atom. The van der Waals surface area contributed by atoms with Crippen LogP contribution in [0.1, 0.15) is 47.0 Å². The van der Waals surface area contributed by atoms with Gasteiger partial charge in [-0.3, -0.25) is 9.59 Å². The van der Waals surface area contributed by atoms with E-state index in [0.717, 1.165) is 12.8 Å². The van der Waals surface area contributed by atoms with Crippen molar-refractivity contribution in [2.75, 3.05) is 13.1 Å². The fraction of sp³-hybridized carbons (Fsp3) is 0.857. The number of hydrogen-bond donors (Lipinski definition) is 1. The Hall–Kier alpha value is -1.06. The molecule has 0 radical (unpaired) electrons. The second kappa shape index (κ2) is 5.72. The molecule has 0 aromatic rings. The highest BCUT2D eigenvalue weighted by Gasteiger charge is 2.43. The van der Waals surface area contributed by atoms with Crippen molar-refractivity contribution >= 4 is 11.9 Å². The van der Waals surface area contributed by atoms with Crippen LogP contribution in [0.5, 0.6) is 0 Å². The number of carbonyl (C=O) groups is 2. The summed E-state index contributed by atoms with van der Waals surface area (Å²) in [7, 11) is 0. The molecule has 1 rings (SSSR count). The smallest absolute Gasteiger partial charge is 0.311 e. The van der Waals surface area contributed by atoms with Gasteiger partial charge in [-0.25, -0.2) is 0 Å². The second-order valence-electron chi connectivity index (χ2n) is 6.01. The molecule has 0 aromatic heterocycles. The van der Waals surface area contributed by atoms with E-state index in [9.17, 15) is 14.7 Å². The zero-order valence-electron chi connectivity index (χ0n) is 11.9. The van der Waals surface area contributed by atoms with E-state index in [1.165, 1.54) is 0 Å². The predicted molar refractivity (Wildman–Crippen MR) is 70.2 cm³/mol. The summed E-state index contributed by atoms with van der Waals surface area (Å²) in [6, 6.07) is 0. The van der Waals surface area contributed by atoms with Crippen LogP contribution >= 0.6 is 0 Å². The molecule has 1 N–H and O–H groups in total. The Morgan fingerprint density at radius 1 is 1.39 bits per heavy atom. The molecular weight excluding hydrogens is 230 g/mol. The van der Waals surface area contributed by atoms with E-state index in [4.69, 9.17) is 0 Å². The topological polar surface area (TPSA) is 57.6 Å². The first-order valence-electron chi connectivity index (χ1n) is 6.84. The van der Waals surface area contributed by atoms with E-state index in [1.807, 2.05) is 0 Å². The summed E-state index contributed by atoms with van der Waals surface area (Å²) in [6.45, 7) is 8.86. The van der Waals surface area contributed by atoms with Gasteiger partial charge in [0.2, 0.25) is 5.91 Å². The SMILES string of the molecule is CCCC(C(=O)N1CCC(C)(C(=O)O)C1)C(C)C. The molecule has 2 atom stereocenters. The third-order valence-electron chi connectivity index (χ3n) is 4.02. The predicted octanol–water partition coefficient (Wildman–Crippen LogP) is 2.38. The van der Waals surface area contributed by atoms with Gasteiger partial charge in [-0.05, 0) is 25.7 Å². The summed E-state index contributed by atoms with van der Waals surface area (Å²) < 4.78 is 0. The molecule has 1 fully saturated rings. The van der Waals surface area contributed by atoms with Crippen molar-refractivity contribution in [3.8, 4) is 0 Å². The van der Waals surface area contributed by atoms with Gasteiger partial charge in [0.25, 0.3) is 0 Å². The van der Waals surface area contributed by atoms with Crippen LogP contribution in [-0.2, 0) is 9.59 Å². The number of carboxylic acid groups (broad SMARTS) is 1. The summed E-state index contributed by atoms with van der Waals surface area (Å²) in [4.78, 5) is 25.3. The van der Waals surface area contributed by atoms with Crippen LogP contribution < -0.4 is 0 Å². The van der Waals surface area contributed by atoms with E-state index in [1.54, 1.807) is 11.8 Å². The van der Waals surface area contributed by atoms with Gasteiger partial charge in [0, 0.05) is 19.0 Å². The molecule has 4 nitrogen and oxygen atoms in total. The third-order valence-corrected chi connectivity index (χ3v) is 4.02. The number of rotatable bonds is 5. The highest BCUT2D eigenvalue weighted by atomic mass is 16.4. The molecule has 0 aromatic carbocycles. The van der Waals surface area contributed by atoms with Crippen molar-refractivity contribution in [2.45, 2.75) is 47.0 Å². The molecule has 0 spiro atoms. The highest BCUT2D eigenvalue weighted by Crippen LogP contribution is 2.32. The molecule has 0 bridgehead atoms. The van der Waals surface area contributed by atoms with E-state index < -0.39 is 11.4 Å². The number of nitrogens with zero attached hydrogens (tertiary/aromatic N) is 1. The maximum Gasteiger partial charge on any atom is 0.311 e. The molecule has 1 aliphatic heterocycles. The van der Waals surface area contributed by atoms with Crippen LogP contribution in [0, 0.1) is 17.3 Å². The first kappa shape index (κ1) is 15.0. The van der Waals surface area contributed by atoms with Gasteiger partial charge in [0.05, 0.1) is 5.41 Å². The van der Waals surface area contributed by atoms with Crippen molar-refractivity contribution in [1.29, 1.82) is 0 Å². The van der Waals surface area contributed by atoms with Crippen LogP contribution in [0.3, 0.4) is 0 Å². The molecule has 1 amide bonds. The lowest BCUT2D eigenvalue weighted by atomic mass is 9.89. The van der Waals surface area contributed by atoms with E-state index in [0.29, 0.717) is 25.4 Å². The van der Waals surface area contributed by atoms with Crippen molar-refractivity contribution in [3.63, 3.8) is 0 Å². The normalized spacial score (nSPS) is 25.5. The number of likely N-dealkylation sites (tertiary alicyclic amines) is 1. The van der Waals surface area contributed by atoms with Gasteiger partial charge in [0.1, 0.15) is 0 Å². The standard InChI is InChI=1S/C14H25NO3/c1-5-6-11(10(2)3)12(16)15-8-7-14(4,9-15)13(17)18/h10-11H,5-9H2,1-4H3,(H,17,18). The summed E-state index contributed by atoms with van der Waals surface area (Å²) in [5.41, 5.74) is -0.761. The number of amides is 1. The van der Waals surface area contributed by atoms with Crippen LogP contribution in [0.25, 0.3) is 0 Å². The molecule has 0 aliphatic carbocycles. The molecule has 2 unspecified atom stereocenters. The van der Waals surface area contributed by atoms with Crippen LogP contribution in [0.15, 0.2) is 0 Å². The Bertz CT molecular complexity index is 327. The summed E-state index contributed by atoms with van der Waals surface area (Å²) in [6.07, 6.45) is 2.43. The van der Waals surface area contributed by atoms with E-state index in [-0.39, 0.29) is 11.8 Å². The van der Waals surface area contributed by atoms with Gasteiger partial charge < -0.3 is 10.0 Å². The largest absolute Gasteiger partial charge is 0.481 e. The third kappa shape index (κ3) is 3.03. The fourth-order valence-electron chi connectivity index (χ4n) is 2.61. The number of carbonyl (C=O) groups excluding carboxylic acids is 1. The Kier molecular flexibility index (Phi) is 4.77. The van der Waals surface area contributed by atoms with E-state index in [2.05, 4.69) is 20.8 Å². The molecular formula is C14H25NO3. The minimum atomic E-state index is -0.797. The van der Waals surface area contributed by atoms with E-state index >= 15 is 0 Å². The minimum Gasteiger partial charge on any atom is -0.481 e. The molecule has 4 heteroatoms. The van der Waals surface area contributed by atoms with Crippen molar-refractivity contribution in [1.82, 2.24) is 4.90 Å². The van der Waals surface area contributed by atoms with Gasteiger partial charge >= 0.3 is 5.97 Å². The molecule has 1 heterocycles. The highest BCUT2D eigenvalue weighted by molar-refractivity contribution is 5.82. The second-order valence-corrected chi connectivity index (χ2v) is 6.01. The van der Waals surface area contributed by atoms with Crippen molar-refractivity contribution in [3.05, 3.63) is 0 Å². The minimum absolute atomic E-state index is 0.0335. The molecule has 104 valence electrons. The number of aliphatic carboxylic acids is 1. The van der Waals surface area contributed by atoms with Crippen LogP contribution in [0.2, 0.25) is 0 Å². The lowest BCUT2D eigenvalue weighted by Gasteiger charge is -2.27. The van der Waals surface area contributed by atoms with Crippen molar-refractivity contribution < 1.29 is 14.7 Å². The number of carboxylic acids is 1. The van der Waals surface area contributed by atoms with Crippen LogP contribution in [-0.4, -0.2) is 35.0 Å². The first-order chi connectivity index (χ1) is 8.31. The Labute approximate surface area is 109 Å². The first-order valence-corrected chi connectivity index (χ1v) is 6.84. The van der Waals surface area contributed by atoms with Crippen LogP contribution in [0.4, 0.5) is 0 Å². The quantitative estimate of drug-likeness (QED) is 0.820. The monoisotopic (exact) mass is 255 g/mol. The van der Waals surface area contributed by atoms with Gasteiger partial charge in [-0.15, -0.1) is 0 Å². The maximum absolute atomic E-state index is 12.4. The zero-order chi connectivity index (χ0) is 13.9. The van der Waals surface area contributed by atoms with Gasteiger partial charge in [-0.2, -0.15) is 0 Å². The number of hydrogen-bond acceptors (Lipinski definition) is 2. The zero-order valence-corrected chi connectivity index (χ0v) is 11.9. The average Bonchev–Trinajstić information content (AvgIpc) is 2.69.